The minimum atomic E-state index is -1.16. The van der Waals surface area contributed by atoms with Crippen LogP contribution >= 0.6 is 15.9 Å². The van der Waals surface area contributed by atoms with E-state index in [0.717, 1.165) is 6.07 Å². The van der Waals surface area contributed by atoms with Crippen molar-refractivity contribution in [3.63, 3.8) is 0 Å². The zero-order valence-corrected chi connectivity index (χ0v) is 12.4. The molecule has 1 rings (SSSR count). The lowest BCUT2D eigenvalue weighted by Gasteiger charge is -2.18. The molecule has 0 fully saturated rings. The second-order valence-corrected chi connectivity index (χ2v) is 5.31. The van der Waals surface area contributed by atoms with Crippen molar-refractivity contribution in [2.75, 3.05) is 0 Å². The van der Waals surface area contributed by atoms with Gasteiger partial charge >= 0.3 is 5.97 Å². The Morgan fingerprint density at radius 2 is 2.00 bits per heavy atom. The fourth-order valence-corrected chi connectivity index (χ4v) is 1.96. The Hall–Kier alpha value is -1.96. The van der Waals surface area contributed by atoms with Gasteiger partial charge in [-0.15, -0.1) is 0 Å². The van der Waals surface area contributed by atoms with Gasteiger partial charge in [0, 0.05) is 16.6 Å². The Morgan fingerprint density at radius 3 is 2.45 bits per heavy atom. The molecule has 0 spiro atoms. The lowest BCUT2D eigenvalue weighted by Crippen LogP contribution is -2.44. The number of nitro benzene ring substituents is 1. The lowest BCUT2D eigenvalue weighted by atomic mass is 10.0. The molecule has 1 aromatic carbocycles. The van der Waals surface area contributed by atoms with E-state index < -0.39 is 22.8 Å². The van der Waals surface area contributed by atoms with Gasteiger partial charge in [-0.25, -0.2) is 4.79 Å². The number of hydrogen-bond acceptors (Lipinski definition) is 4. The minimum absolute atomic E-state index is 0.0195. The van der Waals surface area contributed by atoms with Crippen LogP contribution in [0.2, 0.25) is 0 Å². The fourth-order valence-electron chi connectivity index (χ4n) is 1.53. The summed E-state index contributed by atoms with van der Waals surface area (Å²) >= 11 is 3.11. The Labute approximate surface area is 123 Å². The van der Waals surface area contributed by atoms with E-state index >= 15 is 0 Å². The number of carbonyl (C=O) groups excluding carboxylic acids is 1. The summed E-state index contributed by atoms with van der Waals surface area (Å²) in [4.78, 5) is 33.1. The van der Waals surface area contributed by atoms with Crippen LogP contribution in [0, 0.1) is 16.0 Å². The summed E-state index contributed by atoms with van der Waals surface area (Å²) in [7, 11) is 0. The molecular formula is C12H13BrN2O5. The summed E-state index contributed by atoms with van der Waals surface area (Å²) in [6.07, 6.45) is 0. The van der Waals surface area contributed by atoms with E-state index in [1.807, 2.05) is 0 Å². The van der Waals surface area contributed by atoms with E-state index in [-0.39, 0.29) is 17.2 Å². The highest BCUT2D eigenvalue weighted by atomic mass is 79.9. The average Bonchev–Trinajstić information content (AvgIpc) is 2.34. The maximum Gasteiger partial charge on any atom is 0.326 e. The van der Waals surface area contributed by atoms with Crippen LogP contribution in [-0.4, -0.2) is 27.9 Å². The number of nitro groups is 1. The smallest absolute Gasteiger partial charge is 0.326 e. The number of non-ortho nitro benzene ring substituents is 1. The molecule has 20 heavy (non-hydrogen) atoms. The first-order valence-electron chi connectivity index (χ1n) is 5.71. The van der Waals surface area contributed by atoms with Gasteiger partial charge in [0.25, 0.3) is 11.6 Å². The zero-order chi connectivity index (χ0) is 15.4. The molecule has 0 radical (unpaired) electrons. The number of nitrogens with zero attached hydrogens (tertiary/aromatic N) is 1. The number of aliphatic carboxylic acids is 1. The number of hydrogen-bond donors (Lipinski definition) is 2. The SMILES string of the molecule is CC(C)C(NC(=O)c1cc([N+](=O)[O-])ccc1Br)C(=O)O. The first-order chi connectivity index (χ1) is 9.23. The molecule has 1 amide bonds. The monoisotopic (exact) mass is 344 g/mol. The van der Waals surface area contributed by atoms with Crippen molar-refractivity contribution in [1.29, 1.82) is 0 Å². The van der Waals surface area contributed by atoms with Gasteiger partial charge in [0.05, 0.1) is 10.5 Å². The molecule has 1 aromatic rings. The standard InChI is InChI=1S/C12H13BrN2O5/c1-6(2)10(12(17)18)14-11(16)8-5-7(15(19)20)3-4-9(8)13/h3-6,10H,1-2H3,(H,14,16)(H,17,18). The number of amides is 1. The first-order valence-corrected chi connectivity index (χ1v) is 6.51. The average molecular weight is 345 g/mol. The minimum Gasteiger partial charge on any atom is -0.480 e. The van der Waals surface area contributed by atoms with E-state index in [1.165, 1.54) is 12.1 Å². The van der Waals surface area contributed by atoms with Crippen molar-refractivity contribution in [3.8, 4) is 0 Å². The van der Waals surface area contributed by atoms with Crippen LogP contribution in [0.15, 0.2) is 22.7 Å². The molecule has 0 bridgehead atoms. The van der Waals surface area contributed by atoms with Gasteiger partial charge < -0.3 is 10.4 Å². The Bertz CT molecular complexity index is 559. The molecule has 0 saturated heterocycles. The number of carbonyl (C=O) groups is 2. The summed E-state index contributed by atoms with van der Waals surface area (Å²) in [5.41, 5.74) is -0.221. The highest BCUT2D eigenvalue weighted by Gasteiger charge is 2.25. The lowest BCUT2D eigenvalue weighted by molar-refractivity contribution is -0.384. The van der Waals surface area contributed by atoms with Crippen LogP contribution in [-0.2, 0) is 4.79 Å². The topological polar surface area (TPSA) is 110 Å². The van der Waals surface area contributed by atoms with Crippen molar-refractivity contribution in [2.45, 2.75) is 19.9 Å². The second kappa shape index (κ2) is 6.47. The molecule has 8 heteroatoms. The van der Waals surface area contributed by atoms with E-state index in [4.69, 9.17) is 5.11 Å². The molecule has 0 aliphatic carbocycles. The van der Waals surface area contributed by atoms with E-state index in [9.17, 15) is 19.7 Å². The van der Waals surface area contributed by atoms with Crippen LogP contribution < -0.4 is 5.32 Å². The third-order valence-electron chi connectivity index (χ3n) is 2.62. The molecule has 0 aliphatic rings. The van der Waals surface area contributed by atoms with Gasteiger partial charge in [0.15, 0.2) is 0 Å². The Balaban J connectivity index is 3.05. The maximum absolute atomic E-state index is 12.0. The number of nitrogens with one attached hydrogen (secondary N) is 1. The second-order valence-electron chi connectivity index (χ2n) is 4.45. The maximum atomic E-state index is 12.0. The Morgan fingerprint density at radius 1 is 1.40 bits per heavy atom. The summed E-state index contributed by atoms with van der Waals surface area (Å²) in [6.45, 7) is 3.31. The fraction of sp³-hybridized carbons (Fsp3) is 0.333. The molecular weight excluding hydrogens is 332 g/mol. The van der Waals surface area contributed by atoms with Crippen molar-refractivity contribution < 1.29 is 19.6 Å². The molecule has 0 aliphatic heterocycles. The van der Waals surface area contributed by atoms with Gasteiger partial charge in [0.2, 0.25) is 0 Å². The molecule has 0 saturated carbocycles. The van der Waals surface area contributed by atoms with E-state index in [1.54, 1.807) is 13.8 Å². The van der Waals surface area contributed by atoms with Crippen molar-refractivity contribution in [1.82, 2.24) is 5.32 Å². The van der Waals surface area contributed by atoms with E-state index in [2.05, 4.69) is 21.2 Å². The summed E-state index contributed by atoms with van der Waals surface area (Å²) in [5.74, 6) is -2.15. The normalized spacial score (nSPS) is 12.0. The van der Waals surface area contributed by atoms with Crippen LogP contribution in [0.4, 0.5) is 5.69 Å². The van der Waals surface area contributed by atoms with Crippen LogP contribution in [0.1, 0.15) is 24.2 Å². The van der Waals surface area contributed by atoms with Gasteiger partial charge in [-0.3, -0.25) is 14.9 Å². The zero-order valence-electron chi connectivity index (χ0n) is 10.8. The summed E-state index contributed by atoms with van der Waals surface area (Å²) < 4.78 is 0.355. The highest BCUT2D eigenvalue weighted by molar-refractivity contribution is 9.10. The predicted molar refractivity (Wildman–Crippen MR) is 74.5 cm³/mol. The predicted octanol–water partition coefficient (Wildman–Crippen LogP) is 2.20. The molecule has 1 atom stereocenters. The van der Waals surface area contributed by atoms with Gasteiger partial charge in [-0.2, -0.15) is 0 Å². The van der Waals surface area contributed by atoms with Crippen molar-refractivity contribution >= 4 is 33.5 Å². The number of carboxylic acids is 1. The largest absolute Gasteiger partial charge is 0.480 e. The third-order valence-corrected chi connectivity index (χ3v) is 3.32. The van der Waals surface area contributed by atoms with Gasteiger partial charge in [0.1, 0.15) is 6.04 Å². The van der Waals surface area contributed by atoms with Crippen LogP contribution in [0.3, 0.4) is 0 Å². The summed E-state index contributed by atoms with van der Waals surface area (Å²) in [6, 6.07) is 2.66. The first kappa shape index (κ1) is 16.1. The van der Waals surface area contributed by atoms with Crippen LogP contribution in [0.25, 0.3) is 0 Å². The number of halogens is 1. The molecule has 7 nitrogen and oxygen atoms in total. The van der Waals surface area contributed by atoms with Crippen molar-refractivity contribution in [3.05, 3.63) is 38.3 Å². The highest BCUT2D eigenvalue weighted by Crippen LogP contribution is 2.22. The van der Waals surface area contributed by atoms with Gasteiger partial charge in [-0.05, 0) is 27.9 Å². The Kier molecular flexibility index (Phi) is 5.20. The quantitative estimate of drug-likeness (QED) is 0.628. The third kappa shape index (κ3) is 3.77. The molecule has 2 N–H and O–H groups in total. The molecule has 0 aromatic heterocycles. The van der Waals surface area contributed by atoms with Crippen molar-refractivity contribution in [2.24, 2.45) is 5.92 Å². The molecule has 108 valence electrons. The number of rotatable bonds is 5. The molecule has 1 unspecified atom stereocenters. The van der Waals surface area contributed by atoms with Gasteiger partial charge in [-0.1, -0.05) is 13.8 Å². The number of benzene rings is 1. The van der Waals surface area contributed by atoms with E-state index in [0.29, 0.717) is 4.47 Å². The number of carboxylic acid groups (broad SMARTS) is 1. The summed E-state index contributed by atoms with van der Waals surface area (Å²) in [5, 5.41) is 22.1. The molecule has 0 heterocycles. The van der Waals surface area contributed by atoms with Crippen LogP contribution in [0.5, 0.6) is 0 Å².